The van der Waals surface area contributed by atoms with Crippen molar-refractivity contribution in [1.82, 2.24) is 15.5 Å². The Labute approximate surface area is 163 Å². The Balaban J connectivity index is 2.08. The van der Waals surface area contributed by atoms with Crippen LogP contribution in [0.3, 0.4) is 0 Å². The first-order valence-electron chi connectivity index (χ1n) is 9.06. The summed E-state index contributed by atoms with van der Waals surface area (Å²) in [5.74, 6) is 0.485. The third-order valence-electron chi connectivity index (χ3n) is 4.78. The van der Waals surface area contributed by atoms with E-state index in [0.717, 1.165) is 25.7 Å². The first-order chi connectivity index (χ1) is 12.4. The van der Waals surface area contributed by atoms with Crippen LogP contribution in [0.5, 0.6) is 0 Å². The van der Waals surface area contributed by atoms with E-state index >= 15 is 0 Å². The molecule has 1 aromatic carbocycles. The zero-order chi connectivity index (χ0) is 19.2. The quantitative estimate of drug-likeness (QED) is 0.541. The van der Waals surface area contributed by atoms with E-state index in [2.05, 4.69) is 31.6 Å². The van der Waals surface area contributed by atoms with E-state index in [4.69, 9.17) is 0 Å². The lowest BCUT2D eigenvalue weighted by molar-refractivity contribution is -0.138. The Morgan fingerprint density at radius 3 is 2.58 bits per heavy atom. The average Bonchev–Trinajstić information content (AvgIpc) is 3.08. The molecule has 1 fully saturated rings. The zero-order valence-electron chi connectivity index (χ0n) is 15.7. The lowest BCUT2D eigenvalue weighted by Crippen LogP contribution is -2.49. The van der Waals surface area contributed by atoms with Crippen molar-refractivity contribution >= 4 is 27.8 Å². The maximum atomic E-state index is 14.0. The molecule has 1 aliphatic rings. The van der Waals surface area contributed by atoms with Crippen LogP contribution in [-0.2, 0) is 11.3 Å². The van der Waals surface area contributed by atoms with Gasteiger partial charge >= 0.3 is 0 Å². The van der Waals surface area contributed by atoms with Crippen LogP contribution >= 0.6 is 15.9 Å². The lowest BCUT2D eigenvalue weighted by Gasteiger charge is -2.31. The molecule has 0 heterocycles. The van der Waals surface area contributed by atoms with E-state index in [9.17, 15) is 9.18 Å². The van der Waals surface area contributed by atoms with E-state index < -0.39 is 0 Å². The fraction of sp³-hybridized carbons (Fsp3) is 0.579. The van der Waals surface area contributed by atoms with Crippen molar-refractivity contribution in [2.75, 3.05) is 27.2 Å². The van der Waals surface area contributed by atoms with Crippen molar-refractivity contribution in [3.63, 3.8) is 0 Å². The second-order valence-electron chi connectivity index (χ2n) is 6.97. The predicted molar refractivity (Wildman–Crippen MR) is 107 cm³/mol. The third kappa shape index (κ3) is 5.19. The fourth-order valence-electron chi connectivity index (χ4n) is 3.40. The van der Waals surface area contributed by atoms with Crippen LogP contribution in [0.4, 0.5) is 4.39 Å². The number of amides is 1. The summed E-state index contributed by atoms with van der Waals surface area (Å²) < 4.78 is 14.7. The van der Waals surface area contributed by atoms with Gasteiger partial charge in [-0.3, -0.25) is 4.79 Å². The van der Waals surface area contributed by atoms with E-state index in [1.165, 1.54) is 6.07 Å². The molecule has 2 N–H and O–H groups in total. The Hall–Kier alpha value is -1.63. The third-order valence-corrected chi connectivity index (χ3v) is 5.27. The molecule has 5 nitrogen and oxygen atoms in total. The summed E-state index contributed by atoms with van der Waals surface area (Å²) >= 11 is 3.26. The molecule has 26 heavy (non-hydrogen) atoms. The van der Waals surface area contributed by atoms with Gasteiger partial charge in [0.25, 0.3) is 0 Å². The van der Waals surface area contributed by atoms with Gasteiger partial charge in [-0.15, -0.1) is 0 Å². The van der Waals surface area contributed by atoms with E-state index in [-0.39, 0.29) is 23.7 Å². The molecule has 0 unspecified atom stereocenters. The maximum Gasteiger partial charge on any atom is 0.230 e. The summed E-state index contributed by atoms with van der Waals surface area (Å²) in [6.07, 6.45) is 3.91. The fourth-order valence-corrected chi connectivity index (χ4v) is 3.73. The topological polar surface area (TPSA) is 56.7 Å². The van der Waals surface area contributed by atoms with E-state index in [1.807, 2.05) is 6.92 Å². The summed E-state index contributed by atoms with van der Waals surface area (Å²) in [7, 11) is 3.61. The normalized spacial score (nSPS) is 16.4. The smallest absolute Gasteiger partial charge is 0.230 e. The first kappa shape index (κ1) is 20.7. The molecule has 0 aromatic heterocycles. The molecule has 0 spiro atoms. The number of aliphatic imine (C=N–C) groups is 1. The zero-order valence-corrected chi connectivity index (χ0v) is 17.3. The number of rotatable bonds is 6. The van der Waals surface area contributed by atoms with Crippen molar-refractivity contribution in [3.8, 4) is 0 Å². The van der Waals surface area contributed by atoms with Crippen LogP contribution in [0.2, 0.25) is 0 Å². The monoisotopic (exact) mass is 426 g/mol. The number of hydrogen-bond acceptors (Lipinski definition) is 2. The molecule has 1 saturated carbocycles. The summed E-state index contributed by atoms with van der Waals surface area (Å²) in [6.45, 7) is 3.46. The Morgan fingerprint density at radius 1 is 1.31 bits per heavy atom. The van der Waals surface area contributed by atoms with Crippen LogP contribution in [0, 0.1) is 11.2 Å². The average molecular weight is 427 g/mol. The van der Waals surface area contributed by atoms with Crippen LogP contribution in [0.1, 0.15) is 38.2 Å². The summed E-state index contributed by atoms with van der Waals surface area (Å²) in [4.78, 5) is 18.8. The minimum Gasteiger partial charge on any atom is -0.357 e. The van der Waals surface area contributed by atoms with Crippen molar-refractivity contribution in [3.05, 3.63) is 34.1 Å². The van der Waals surface area contributed by atoms with Gasteiger partial charge in [0.15, 0.2) is 5.96 Å². The molecule has 0 saturated heterocycles. The highest BCUT2D eigenvalue weighted by Gasteiger charge is 2.42. The second-order valence-corrected chi connectivity index (χ2v) is 7.89. The van der Waals surface area contributed by atoms with Crippen LogP contribution in [0.25, 0.3) is 0 Å². The first-order valence-corrected chi connectivity index (χ1v) is 9.85. The second kappa shape index (κ2) is 9.35. The number of nitrogens with zero attached hydrogens (tertiary/aromatic N) is 2. The molecule has 1 aliphatic carbocycles. The molecule has 0 atom stereocenters. The van der Waals surface area contributed by atoms with Gasteiger partial charge in [-0.1, -0.05) is 34.8 Å². The minimum absolute atomic E-state index is 0.164. The van der Waals surface area contributed by atoms with Gasteiger partial charge in [0.05, 0.1) is 12.0 Å². The SMILES string of the molecule is CCNC(=NCc1ccc(Br)cc1F)NCC1(C(=O)N(C)C)CCCC1. The van der Waals surface area contributed by atoms with Crippen LogP contribution in [0.15, 0.2) is 27.7 Å². The number of carbonyl (C=O) groups excluding carboxylic acids is 1. The summed E-state index contributed by atoms with van der Waals surface area (Å²) in [6, 6.07) is 4.96. The molecule has 2 rings (SSSR count). The highest BCUT2D eigenvalue weighted by atomic mass is 79.9. The molecule has 0 radical (unpaired) electrons. The van der Waals surface area contributed by atoms with Crippen LogP contribution in [-0.4, -0.2) is 44.0 Å². The van der Waals surface area contributed by atoms with Crippen molar-refractivity contribution in [1.29, 1.82) is 0 Å². The maximum absolute atomic E-state index is 14.0. The molecular weight excluding hydrogens is 399 g/mol. The number of halogens is 2. The highest BCUT2D eigenvalue weighted by molar-refractivity contribution is 9.10. The standard InChI is InChI=1S/C19H28BrFN4O/c1-4-22-18(23-12-14-7-8-15(20)11-16(14)21)24-13-19(9-5-6-10-19)17(26)25(2)3/h7-8,11H,4-6,9-10,12-13H2,1-3H3,(H2,22,23,24). The van der Waals surface area contributed by atoms with Gasteiger partial charge < -0.3 is 15.5 Å². The highest BCUT2D eigenvalue weighted by Crippen LogP contribution is 2.38. The number of nitrogens with one attached hydrogen (secondary N) is 2. The number of benzene rings is 1. The van der Waals surface area contributed by atoms with E-state index in [0.29, 0.717) is 29.1 Å². The molecular formula is C19H28BrFN4O. The number of hydrogen-bond donors (Lipinski definition) is 2. The number of guanidine groups is 1. The van der Waals surface area contributed by atoms with Gasteiger partial charge in [0, 0.05) is 37.2 Å². The van der Waals surface area contributed by atoms with Crippen molar-refractivity contribution < 1.29 is 9.18 Å². The molecule has 0 bridgehead atoms. The molecule has 144 valence electrons. The van der Waals surface area contributed by atoms with Crippen LogP contribution < -0.4 is 10.6 Å². The molecule has 1 aromatic rings. The Morgan fingerprint density at radius 2 is 2.00 bits per heavy atom. The van der Waals surface area contributed by atoms with Crippen molar-refractivity contribution in [2.45, 2.75) is 39.2 Å². The minimum atomic E-state index is -0.372. The number of carbonyl (C=O) groups is 1. The lowest BCUT2D eigenvalue weighted by atomic mass is 9.84. The van der Waals surface area contributed by atoms with Gasteiger partial charge in [-0.2, -0.15) is 0 Å². The molecule has 0 aliphatic heterocycles. The molecule has 7 heteroatoms. The van der Waals surface area contributed by atoms with Gasteiger partial charge in [0.2, 0.25) is 5.91 Å². The summed E-state index contributed by atoms with van der Waals surface area (Å²) in [5, 5.41) is 6.48. The largest absolute Gasteiger partial charge is 0.357 e. The Bertz CT molecular complexity index is 657. The van der Waals surface area contributed by atoms with Crippen molar-refractivity contribution in [2.24, 2.45) is 10.4 Å². The predicted octanol–water partition coefficient (Wildman–Crippen LogP) is 3.29. The Kier molecular flexibility index (Phi) is 7.43. The summed E-state index contributed by atoms with van der Waals surface area (Å²) in [5.41, 5.74) is 0.160. The van der Waals surface area contributed by atoms with E-state index in [1.54, 1.807) is 31.1 Å². The van der Waals surface area contributed by atoms with Gasteiger partial charge in [0.1, 0.15) is 5.82 Å². The van der Waals surface area contributed by atoms with Gasteiger partial charge in [-0.05, 0) is 31.9 Å². The van der Waals surface area contributed by atoms with Gasteiger partial charge in [-0.25, -0.2) is 9.38 Å². The molecule has 1 amide bonds.